The predicted octanol–water partition coefficient (Wildman–Crippen LogP) is 4.00. The molecular weight excluding hydrogens is 608 g/mol. The fourth-order valence-corrected chi connectivity index (χ4v) is 10.2. The second kappa shape index (κ2) is 13.7. The molecule has 12 atom stereocenters. The number of carboxylic acids is 2. The van der Waals surface area contributed by atoms with Gasteiger partial charge in [-0.2, -0.15) is 5.48 Å². The van der Waals surface area contributed by atoms with Crippen LogP contribution in [0.5, 0.6) is 0 Å². The molecule has 13 nitrogen and oxygen atoms in total. The van der Waals surface area contributed by atoms with Crippen molar-refractivity contribution in [2.75, 3.05) is 0 Å². The van der Waals surface area contributed by atoms with Crippen molar-refractivity contribution in [2.45, 2.75) is 109 Å². The number of nitrogens with zero attached hydrogens (tertiary/aromatic N) is 1. The van der Waals surface area contributed by atoms with Gasteiger partial charge < -0.3 is 31.2 Å². The normalized spacial score (nSPS) is 38.8. The van der Waals surface area contributed by atoms with Crippen molar-refractivity contribution in [3.63, 3.8) is 0 Å². The molecule has 47 heavy (non-hydrogen) atoms. The molecule has 5 aliphatic carbocycles. The molecule has 3 fully saturated rings. The van der Waals surface area contributed by atoms with E-state index in [4.69, 9.17) is 10.5 Å². The number of nitrogens with two attached hydrogens (primary N) is 1. The first-order valence-electron chi connectivity index (χ1n) is 17.0. The Morgan fingerprint density at radius 2 is 1.87 bits per heavy atom. The molecule has 5 rings (SSSR count). The van der Waals surface area contributed by atoms with Crippen LogP contribution >= 0.6 is 0 Å². The fourth-order valence-electron chi connectivity index (χ4n) is 10.2. The highest BCUT2D eigenvalue weighted by molar-refractivity contribution is 5.82. The number of carbonyl (C=O) groups excluding carboxylic acids is 1. The number of carbonyl (C=O) groups is 3. The molecule has 0 amide bonds. The van der Waals surface area contributed by atoms with Crippen LogP contribution in [0.1, 0.15) is 85.0 Å². The van der Waals surface area contributed by atoms with Crippen molar-refractivity contribution in [1.82, 2.24) is 10.8 Å². The first kappa shape index (κ1) is 35.0. The topological polar surface area (TPSA) is 214 Å². The summed E-state index contributed by atoms with van der Waals surface area (Å²) in [6.45, 7) is 6.98. The Balaban J connectivity index is 1.25. The molecule has 0 aromatic rings. The second-order valence-electron chi connectivity index (χ2n) is 15.1. The van der Waals surface area contributed by atoms with E-state index >= 15 is 0 Å². The summed E-state index contributed by atoms with van der Waals surface area (Å²) in [7, 11) is 0. The highest BCUT2D eigenvalue weighted by atomic mass is 16.6. The standard InChI is InChI=1S/C34H50N4O9/c1-18(4-11-28(39)40)22-7-8-23-21-6-5-19-16-20(12-14-33(19,2)24(21)13-15-34(22,23)3)47-32(43)26(17-29(41)42)36-25-9-10-27(38(45)46)30(35)31(25)37-44/h9-10,13,15,18-24,26,30-31,36-37,44H,4-8,11-12,14,16-17,35H2,1-3H3,(H,39,40)(H,41,42)/t18-,19?,20?,21?,22?,23?,24?,26+,30?,31?,33?,34?/m1/s1. The maximum Gasteiger partial charge on any atom is 0.329 e. The molecule has 13 heteroatoms. The summed E-state index contributed by atoms with van der Waals surface area (Å²) in [5.41, 5.74) is 7.82. The van der Waals surface area contributed by atoms with E-state index in [2.05, 4.69) is 38.2 Å². The van der Waals surface area contributed by atoms with Crippen LogP contribution in [0.4, 0.5) is 0 Å². The summed E-state index contributed by atoms with van der Waals surface area (Å²) in [5, 5.41) is 42.6. The van der Waals surface area contributed by atoms with Gasteiger partial charge in [-0.1, -0.05) is 32.9 Å². The number of carboxylic acid groups (broad SMARTS) is 2. The average molecular weight is 659 g/mol. The summed E-state index contributed by atoms with van der Waals surface area (Å²) in [4.78, 5) is 47.0. The summed E-state index contributed by atoms with van der Waals surface area (Å²) in [6, 6.07) is -3.68. The van der Waals surface area contributed by atoms with Gasteiger partial charge in [0.05, 0.1) is 17.4 Å². The SMILES string of the molecule is C[C@H](CCC(=O)O)C1CCC2C3CCC4CC(OC(=O)[C@H](CC(=O)O)NC5=CC=C([N+](=O)[O-])C(N)C5NO)CCC4(C)C3C=CC21C. The summed E-state index contributed by atoms with van der Waals surface area (Å²) < 4.78 is 5.96. The van der Waals surface area contributed by atoms with E-state index in [-0.39, 0.29) is 34.7 Å². The molecule has 0 aliphatic heterocycles. The Labute approximate surface area is 275 Å². The number of hydrogen-bond donors (Lipinski definition) is 6. The minimum absolute atomic E-state index is 0.0551. The minimum atomic E-state index is -1.29. The van der Waals surface area contributed by atoms with Crippen LogP contribution in [0, 0.1) is 56.5 Å². The third-order valence-corrected chi connectivity index (χ3v) is 12.7. The molecule has 5 aliphatic rings. The van der Waals surface area contributed by atoms with E-state index in [1.807, 2.05) is 5.48 Å². The molecule has 0 heterocycles. The molecule has 0 bridgehead atoms. The largest absolute Gasteiger partial charge is 0.481 e. The van der Waals surface area contributed by atoms with E-state index in [0.717, 1.165) is 31.8 Å². The number of rotatable bonds is 12. The van der Waals surface area contributed by atoms with Gasteiger partial charge >= 0.3 is 17.9 Å². The Bertz CT molecular complexity index is 1350. The molecule has 0 aromatic carbocycles. The minimum Gasteiger partial charge on any atom is -0.481 e. The van der Waals surface area contributed by atoms with Crippen LogP contribution in [0.15, 0.2) is 35.7 Å². The van der Waals surface area contributed by atoms with Gasteiger partial charge in [0, 0.05) is 18.2 Å². The summed E-state index contributed by atoms with van der Waals surface area (Å²) in [6.07, 6.45) is 14.0. The lowest BCUT2D eigenvalue weighted by Crippen LogP contribution is -2.55. The molecule has 10 unspecified atom stereocenters. The Hall–Kier alpha value is -3.29. The van der Waals surface area contributed by atoms with Crippen molar-refractivity contribution in [3.8, 4) is 0 Å². The third kappa shape index (κ3) is 6.71. The van der Waals surface area contributed by atoms with Crippen LogP contribution in [0.3, 0.4) is 0 Å². The van der Waals surface area contributed by atoms with E-state index in [1.54, 1.807) is 0 Å². The number of nitrogens with one attached hydrogen (secondary N) is 2. The number of allylic oxidation sites excluding steroid dienone is 4. The molecule has 0 spiro atoms. The van der Waals surface area contributed by atoms with Gasteiger partial charge in [0.15, 0.2) is 0 Å². The second-order valence-corrected chi connectivity index (χ2v) is 15.1. The monoisotopic (exact) mass is 658 g/mol. The van der Waals surface area contributed by atoms with Crippen molar-refractivity contribution in [3.05, 3.63) is 45.8 Å². The highest BCUT2D eigenvalue weighted by Gasteiger charge is 2.59. The van der Waals surface area contributed by atoms with E-state index in [0.29, 0.717) is 54.8 Å². The van der Waals surface area contributed by atoms with Crippen LogP contribution in [0.25, 0.3) is 0 Å². The molecule has 0 aromatic heterocycles. The zero-order chi connectivity index (χ0) is 34.3. The Morgan fingerprint density at radius 1 is 1.13 bits per heavy atom. The summed E-state index contributed by atoms with van der Waals surface area (Å²) >= 11 is 0. The third-order valence-electron chi connectivity index (χ3n) is 12.7. The maximum atomic E-state index is 13.4. The van der Waals surface area contributed by atoms with Crippen molar-refractivity contribution < 1.29 is 39.5 Å². The number of nitro groups is 1. The van der Waals surface area contributed by atoms with E-state index < -0.39 is 47.4 Å². The Kier molecular flexibility index (Phi) is 10.2. The molecule has 0 radical (unpaired) electrons. The molecule has 0 saturated heterocycles. The number of aliphatic carboxylic acids is 2. The van der Waals surface area contributed by atoms with Crippen LogP contribution in [-0.4, -0.2) is 62.5 Å². The van der Waals surface area contributed by atoms with E-state index in [9.17, 15) is 39.9 Å². The molecular formula is C34H50N4O9. The van der Waals surface area contributed by atoms with Crippen LogP contribution in [0.2, 0.25) is 0 Å². The Morgan fingerprint density at radius 3 is 2.53 bits per heavy atom. The first-order chi connectivity index (χ1) is 22.2. The molecule has 260 valence electrons. The van der Waals surface area contributed by atoms with E-state index in [1.165, 1.54) is 12.5 Å². The zero-order valence-electron chi connectivity index (χ0n) is 27.5. The zero-order valence-corrected chi connectivity index (χ0v) is 27.5. The predicted molar refractivity (Wildman–Crippen MR) is 170 cm³/mol. The average Bonchev–Trinajstić information content (AvgIpc) is 3.36. The summed E-state index contributed by atoms with van der Waals surface area (Å²) in [5.74, 6) is 0.0427. The van der Waals surface area contributed by atoms with Gasteiger partial charge in [0.1, 0.15) is 18.2 Å². The maximum absolute atomic E-state index is 13.4. The highest BCUT2D eigenvalue weighted by Crippen LogP contribution is 2.66. The van der Waals surface area contributed by atoms with Gasteiger partial charge in [-0.05, 0) is 104 Å². The quantitative estimate of drug-likeness (QED) is 0.0760. The number of esters is 1. The smallest absolute Gasteiger partial charge is 0.329 e. The number of ether oxygens (including phenoxy) is 1. The number of fused-ring (bicyclic) bond motifs is 5. The first-order valence-corrected chi connectivity index (χ1v) is 17.0. The van der Waals surface area contributed by atoms with Crippen molar-refractivity contribution in [2.24, 2.45) is 52.1 Å². The number of hydroxylamine groups is 1. The fraction of sp³-hybridized carbons (Fsp3) is 0.735. The van der Waals surface area contributed by atoms with Gasteiger partial charge in [0.2, 0.25) is 0 Å². The van der Waals surface area contributed by atoms with Crippen molar-refractivity contribution in [1.29, 1.82) is 0 Å². The van der Waals surface area contributed by atoms with Gasteiger partial charge in [0.25, 0.3) is 5.70 Å². The van der Waals surface area contributed by atoms with Gasteiger partial charge in [-0.25, -0.2) is 4.79 Å². The van der Waals surface area contributed by atoms with Crippen molar-refractivity contribution >= 4 is 17.9 Å². The molecule has 3 saturated carbocycles. The molecule has 7 N–H and O–H groups in total. The lowest BCUT2D eigenvalue weighted by Gasteiger charge is -2.59. The van der Waals surface area contributed by atoms with Crippen LogP contribution < -0.4 is 16.5 Å². The lowest BCUT2D eigenvalue weighted by molar-refractivity contribution is -0.430. The van der Waals surface area contributed by atoms with Gasteiger partial charge in [-0.3, -0.25) is 19.7 Å². The number of hydrogen-bond acceptors (Lipinski definition) is 10. The lowest BCUT2D eigenvalue weighted by atomic mass is 9.46. The van der Waals surface area contributed by atoms with Crippen LogP contribution in [-0.2, 0) is 19.1 Å². The van der Waals surface area contributed by atoms with Gasteiger partial charge in [-0.15, -0.1) is 0 Å².